The molecule has 3 aliphatic rings. The fourth-order valence-electron chi connectivity index (χ4n) is 4.02. The molecule has 3 fully saturated rings. The van der Waals surface area contributed by atoms with Gasteiger partial charge in [0.1, 0.15) is 0 Å². The van der Waals surface area contributed by atoms with Crippen LogP contribution in [0.5, 0.6) is 0 Å². The van der Waals surface area contributed by atoms with Gasteiger partial charge >= 0.3 is 0 Å². The first-order valence-corrected chi connectivity index (χ1v) is 7.44. The topological polar surface area (TPSA) is 41.7 Å². The molecule has 2 N–H and O–H groups in total. The Bertz CT molecular complexity index is 299. The van der Waals surface area contributed by atoms with Gasteiger partial charge in [-0.05, 0) is 46.2 Å². The third-order valence-corrected chi connectivity index (χ3v) is 5.45. The summed E-state index contributed by atoms with van der Waals surface area (Å²) in [6.07, 6.45) is 5.86. The van der Waals surface area contributed by atoms with Crippen LogP contribution in [0.4, 0.5) is 0 Å². The number of rotatable bonds is 2. The molecule has 0 spiro atoms. The number of piperidine rings is 1. The summed E-state index contributed by atoms with van der Waals surface area (Å²) in [6, 6.07) is 0.641. The molecule has 4 unspecified atom stereocenters. The van der Waals surface area contributed by atoms with E-state index in [1.807, 2.05) is 0 Å². The van der Waals surface area contributed by atoms with Gasteiger partial charge < -0.3 is 15.4 Å². The van der Waals surface area contributed by atoms with Gasteiger partial charge in [0.2, 0.25) is 0 Å². The predicted molar refractivity (Wildman–Crippen MR) is 72.6 cm³/mol. The number of nitrogens with two attached hydrogens (primary N) is 1. The van der Waals surface area contributed by atoms with Crippen molar-refractivity contribution < 1.29 is 4.74 Å². The van der Waals surface area contributed by atoms with Crippen molar-refractivity contribution in [3.05, 3.63) is 0 Å². The van der Waals surface area contributed by atoms with Gasteiger partial charge in [0.05, 0.1) is 12.2 Å². The van der Waals surface area contributed by atoms with Crippen molar-refractivity contribution in [1.29, 1.82) is 0 Å². The second-order valence-electron chi connectivity index (χ2n) is 6.57. The standard InChI is InChI=1S/C14H27N3O/c1-11-7-14(10-15,5-6-16(11)2)17-8-12-3-4-13(9-17)18-12/h11-13H,3-10,15H2,1-2H3. The van der Waals surface area contributed by atoms with Crippen molar-refractivity contribution >= 4 is 0 Å². The van der Waals surface area contributed by atoms with E-state index in [0.717, 1.165) is 19.6 Å². The van der Waals surface area contributed by atoms with Crippen LogP contribution in [0.2, 0.25) is 0 Å². The molecule has 0 aromatic carbocycles. The third kappa shape index (κ3) is 2.09. The molecule has 3 rings (SSSR count). The first kappa shape index (κ1) is 12.9. The van der Waals surface area contributed by atoms with E-state index in [1.165, 1.54) is 32.2 Å². The summed E-state index contributed by atoms with van der Waals surface area (Å²) < 4.78 is 5.96. The first-order chi connectivity index (χ1) is 8.63. The maximum Gasteiger partial charge on any atom is 0.0707 e. The van der Waals surface area contributed by atoms with Crippen LogP contribution >= 0.6 is 0 Å². The Morgan fingerprint density at radius 1 is 1.28 bits per heavy atom. The minimum absolute atomic E-state index is 0.233. The van der Waals surface area contributed by atoms with E-state index in [-0.39, 0.29) is 5.54 Å². The second-order valence-corrected chi connectivity index (χ2v) is 6.57. The molecule has 3 heterocycles. The lowest BCUT2D eigenvalue weighted by molar-refractivity contribution is -0.0947. The average Bonchev–Trinajstić information content (AvgIpc) is 2.72. The van der Waals surface area contributed by atoms with Crippen molar-refractivity contribution in [3.8, 4) is 0 Å². The fraction of sp³-hybridized carbons (Fsp3) is 1.00. The molecular formula is C14H27N3O. The Morgan fingerprint density at radius 2 is 1.94 bits per heavy atom. The molecular weight excluding hydrogens is 226 g/mol. The zero-order valence-electron chi connectivity index (χ0n) is 11.8. The summed E-state index contributed by atoms with van der Waals surface area (Å²) in [5.41, 5.74) is 6.42. The van der Waals surface area contributed by atoms with E-state index in [0.29, 0.717) is 18.2 Å². The van der Waals surface area contributed by atoms with Crippen LogP contribution < -0.4 is 5.73 Å². The zero-order valence-corrected chi connectivity index (χ0v) is 11.8. The third-order valence-electron chi connectivity index (χ3n) is 5.45. The summed E-state index contributed by atoms with van der Waals surface area (Å²) in [6.45, 7) is 6.50. The quantitative estimate of drug-likeness (QED) is 0.785. The van der Waals surface area contributed by atoms with Gasteiger partial charge in [0, 0.05) is 31.2 Å². The minimum Gasteiger partial charge on any atom is -0.372 e. The van der Waals surface area contributed by atoms with Crippen LogP contribution in [0.1, 0.15) is 32.6 Å². The largest absolute Gasteiger partial charge is 0.372 e. The van der Waals surface area contributed by atoms with Gasteiger partial charge in [0.15, 0.2) is 0 Å². The molecule has 0 saturated carbocycles. The highest BCUT2D eigenvalue weighted by Gasteiger charge is 2.46. The number of nitrogens with zero attached hydrogens (tertiary/aromatic N) is 2. The lowest BCUT2D eigenvalue weighted by atomic mass is 9.81. The molecule has 0 aliphatic carbocycles. The number of likely N-dealkylation sites (tertiary alicyclic amines) is 2. The molecule has 4 atom stereocenters. The van der Waals surface area contributed by atoms with E-state index >= 15 is 0 Å². The lowest BCUT2D eigenvalue weighted by Gasteiger charge is -2.52. The fourth-order valence-corrected chi connectivity index (χ4v) is 4.02. The Hall–Kier alpha value is -0.160. The van der Waals surface area contributed by atoms with Gasteiger partial charge in [-0.1, -0.05) is 0 Å². The van der Waals surface area contributed by atoms with Crippen LogP contribution in [0, 0.1) is 0 Å². The lowest BCUT2D eigenvalue weighted by Crippen LogP contribution is -2.64. The molecule has 2 bridgehead atoms. The number of hydrogen-bond acceptors (Lipinski definition) is 4. The number of ether oxygens (including phenoxy) is 1. The normalized spacial score (nSPS) is 46.5. The van der Waals surface area contributed by atoms with Gasteiger partial charge in [-0.25, -0.2) is 0 Å². The first-order valence-electron chi connectivity index (χ1n) is 7.44. The Labute approximate surface area is 110 Å². The number of fused-ring (bicyclic) bond motifs is 2. The molecule has 4 nitrogen and oxygen atoms in total. The predicted octanol–water partition coefficient (Wildman–Crippen LogP) is 0.661. The minimum atomic E-state index is 0.233. The molecule has 18 heavy (non-hydrogen) atoms. The van der Waals surface area contributed by atoms with Crippen LogP contribution in [-0.4, -0.2) is 66.8 Å². The van der Waals surface area contributed by atoms with E-state index in [4.69, 9.17) is 10.5 Å². The molecule has 0 amide bonds. The maximum absolute atomic E-state index is 6.19. The van der Waals surface area contributed by atoms with E-state index < -0.39 is 0 Å². The van der Waals surface area contributed by atoms with Gasteiger partial charge in [-0.3, -0.25) is 4.90 Å². The van der Waals surface area contributed by atoms with Crippen molar-refractivity contribution in [2.75, 3.05) is 33.2 Å². The van der Waals surface area contributed by atoms with Gasteiger partial charge in [-0.2, -0.15) is 0 Å². The monoisotopic (exact) mass is 253 g/mol. The summed E-state index contributed by atoms with van der Waals surface area (Å²) in [5, 5.41) is 0. The smallest absolute Gasteiger partial charge is 0.0707 e. The summed E-state index contributed by atoms with van der Waals surface area (Å²) in [4.78, 5) is 5.13. The van der Waals surface area contributed by atoms with Crippen molar-refractivity contribution in [2.24, 2.45) is 5.73 Å². The zero-order chi connectivity index (χ0) is 12.8. The van der Waals surface area contributed by atoms with E-state index in [1.54, 1.807) is 0 Å². The van der Waals surface area contributed by atoms with Crippen LogP contribution in [0.15, 0.2) is 0 Å². The average molecular weight is 253 g/mol. The molecule has 0 aromatic heterocycles. The van der Waals surface area contributed by atoms with Crippen LogP contribution in [-0.2, 0) is 4.74 Å². The highest BCUT2D eigenvalue weighted by Crippen LogP contribution is 2.36. The van der Waals surface area contributed by atoms with Crippen molar-refractivity contribution in [2.45, 2.75) is 56.4 Å². The molecule has 3 saturated heterocycles. The Balaban J connectivity index is 1.75. The molecule has 0 radical (unpaired) electrons. The number of morpholine rings is 1. The second kappa shape index (κ2) is 4.75. The number of hydrogen-bond donors (Lipinski definition) is 1. The summed E-state index contributed by atoms with van der Waals surface area (Å²) >= 11 is 0. The maximum atomic E-state index is 6.19. The van der Waals surface area contributed by atoms with Crippen molar-refractivity contribution in [1.82, 2.24) is 9.80 Å². The van der Waals surface area contributed by atoms with Crippen LogP contribution in [0.25, 0.3) is 0 Å². The van der Waals surface area contributed by atoms with E-state index in [2.05, 4.69) is 23.8 Å². The molecule has 0 aromatic rings. The van der Waals surface area contributed by atoms with E-state index in [9.17, 15) is 0 Å². The summed E-state index contributed by atoms with van der Waals surface area (Å²) in [5.74, 6) is 0. The van der Waals surface area contributed by atoms with Crippen LogP contribution in [0.3, 0.4) is 0 Å². The van der Waals surface area contributed by atoms with Crippen molar-refractivity contribution in [3.63, 3.8) is 0 Å². The molecule has 4 heteroatoms. The summed E-state index contributed by atoms with van der Waals surface area (Å²) in [7, 11) is 2.23. The van der Waals surface area contributed by atoms with Gasteiger partial charge in [-0.15, -0.1) is 0 Å². The highest BCUT2D eigenvalue weighted by atomic mass is 16.5. The Morgan fingerprint density at radius 3 is 2.50 bits per heavy atom. The molecule has 104 valence electrons. The van der Waals surface area contributed by atoms with Gasteiger partial charge in [0.25, 0.3) is 0 Å². The highest BCUT2D eigenvalue weighted by molar-refractivity contribution is 5.02. The Kier molecular flexibility index (Phi) is 3.39. The molecule has 3 aliphatic heterocycles. The SMILES string of the molecule is CC1CC(CN)(N2CC3CCC(C2)O3)CCN1C.